The summed E-state index contributed by atoms with van der Waals surface area (Å²) >= 11 is 1.64. The Morgan fingerprint density at radius 2 is 2.07 bits per heavy atom. The number of nitrogens with one attached hydrogen (secondary N) is 1. The van der Waals surface area contributed by atoms with Crippen molar-refractivity contribution < 1.29 is 9.53 Å². The fourth-order valence-electron chi connectivity index (χ4n) is 3.04. The van der Waals surface area contributed by atoms with E-state index in [1.165, 1.54) is 5.56 Å². The van der Waals surface area contributed by atoms with Crippen molar-refractivity contribution in [2.75, 3.05) is 19.4 Å². The molecular weight excluding hydrogens is 360 g/mol. The fourth-order valence-corrected chi connectivity index (χ4v) is 3.89. The number of H-pyrrole nitrogens is 1. The van der Waals surface area contributed by atoms with Crippen LogP contribution in [0.5, 0.6) is 0 Å². The third-order valence-corrected chi connectivity index (χ3v) is 5.40. The van der Waals surface area contributed by atoms with Crippen molar-refractivity contribution >= 4 is 28.6 Å². The highest BCUT2D eigenvalue weighted by Gasteiger charge is 2.25. The van der Waals surface area contributed by atoms with E-state index in [2.05, 4.69) is 27.2 Å². The van der Waals surface area contributed by atoms with Gasteiger partial charge in [0, 0.05) is 18.5 Å². The lowest BCUT2D eigenvalue weighted by atomic mass is 10.1. The van der Waals surface area contributed by atoms with Crippen molar-refractivity contribution in [1.82, 2.24) is 9.99 Å². The van der Waals surface area contributed by atoms with Crippen LogP contribution >= 0.6 is 11.8 Å². The smallest absolute Gasteiger partial charge is 0.340 e. The van der Waals surface area contributed by atoms with Gasteiger partial charge in [-0.3, -0.25) is 4.99 Å². The van der Waals surface area contributed by atoms with Crippen molar-refractivity contribution in [3.63, 3.8) is 0 Å². The standard InChI is InChI=1S/C20H24N4O2S/c1-5-26-19(25)17-13(2)18(22-14(17)3)16-12-27-20(24(4)23-16)21-11-15-9-7-6-8-10-15/h6-10,22H,5,11-12H2,1-4H3. The number of aliphatic imine (C=N–C) groups is 1. The molecule has 0 radical (unpaired) electrons. The molecule has 142 valence electrons. The van der Waals surface area contributed by atoms with Crippen LogP contribution in [-0.2, 0) is 11.3 Å². The molecule has 0 spiro atoms. The van der Waals surface area contributed by atoms with E-state index in [1.807, 2.05) is 46.0 Å². The van der Waals surface area contributed by atoms with Crippen LogP contribution < -0.4 is 0 Å². The molecule has 1 aliphatic heterocycles. The predicted molar refractivity (Wildman–Crippen MR) is 111 cm³/mol. The molecule has 0 atom stereocenters. The van der Waals surface area contributed by atoms with Gasteiger partial charge in [0.2, 0.25) is 0 Å². The molecule has 0 amide bonds. The molecule has 0 bridgehead atoms. The second-order valence-corrected chi connectivity index (χ2v) is 7.23. The maximum absolute atomic E-state index is 12.2. The number of amidine groups is 1. The number of aromatic amines is 1. The molecule has 0 fully saturated rings. The van der Waals surface area contributed by atoms with E-state index < -0.39 is 0 Å². The summed E-state index contributed by atoms with van der Waals surface area (Å²) in [5.41, 5.74) is 5.24. The molecule has 3 rings (SSSR count). The Labute approximate surface area is 163 Å². The normalized spacial score (nSPS) is 15.8. The number of hydrogen-bond donors (Lipinski definition) is 1. The van der Waals surface area contributed by atoms with Gasteiger partial charge < -0.3 is 9.72 Å². The molecule has 2 heterocycles. The Balaban J connectivity index is 1.80. The summed E-state index contributed by atoms with van der Waals surface area (Å²) in [7, 11) is 1.90. The highest BCUT2D eigenvalue weighted by molar-refractivity contribution is 8.14. The number of carbonyl (C=O) groups is 1. The van der Waals surface area contributed by atoms with Crippen LogP contribution in [0.15, 0.2) is 40.4 Å². The van der Waals surface area contributed by atoms with Crippen LogP contribution in [0.25, 0.3) is 0 Å². The lowest BCUT2D eigenvalue weighted by Gasteiger charge is -2.22. The highest BCUT2D eigenvalue weighted by atomic mass is 32.2. The quantitative estimate of drug-likeness (QED) is 0.797. The molecule has 0 unspecified atom stereocenters. The molecule has 1 aromatic heterocycles. The van der Waals surface area contributed by atoms with E-state index in [9.17, 15) is 4.79 Å². The summed E-state index contributed by atoms with van der Waals surface area (Å²) in [5, 5.41) is 7.36. The van der Waals surface area contributed by atoms with Crippen LogP contribution in [0.4, 0.5) is 0 Å². The summed E-state index contributed by atoms with van der Waals surface area (Å²) in [6.07, 6.45) is 0. The van der Waals surface area contributed by atoms with Gasteiger partial charge in [-0.2, -0.15) is 5.10 Å². The Bertz CT molecular complexity index is 887. The van der Waals surface area contributed by atoms with E-state index >= 15 is 0 Å². The van der Waals surface area contributed by atoms with Gasteiger partial charge in [-0.05, 0) is 31.9 Å². The van der Waals surface area contributed by atoms with Gasteiger partial charge in [-0.25, -0.2) is 9.80 Å². The Kier molecular flexibility index (Phi) is 6.01. The zero-order valence-electron chi connectivity index (χ0n) is 16.1. The van der Waals surface area contributed by atoms with Crippen LogP contribution in [0.3, 0.4) is 0 Å². The summed E-state index contributed by atoms with van der Waals surface area (Å²) in [5.74, 6) is 0.402. The summed E-state index contributed by atoms with van der Waals surface area (Å²) in [4.78, 5) is 20.2. The molecule has 1 aromatic carbocycles. The monoisotopic (exact) mass is 384 g/mol. The molecule has 7 heteroatoms. The number of carbonyl (C=O) groups excluding carboxylic acids is 1. The molecule has 1 N–H and O–H groups in total. The minimum Gasteiger partial charge on any atom is -0.462 e. The van der Waals surface area contributed by atoms with E-state index in [4.69, 9.17) is 4.74 Å². The first-order valence-corrected chi connectivity index (χ1v) is 9.88. The zero-order chi connectivity index (χ0) is 19.4. The lowest BCUT2D eigenvalue weighted by Crippen LogP contribution is -2.28. The Morgan fingerprint density at radius 1 is 1.33 bits per heavy atom. The summed E-state index contributed by atoms with van der Waals surface area (Å²) in [6.45, 7) is 6.61. The number of rotatable bonds is 5. The largest absolute Gasteiger partial charge is 0.462 e. The third kappa shape index (κ3) is 4.24. The SMILES string of the molecule is CCOC(=O)c1c(C)[nH]c(C2=NN(C)C(=NCc3ccccc3)SC2)c1C. The van der Waals surface area contributed by atoms with E-state index in [0.29, 0.717) is 24.5 Å². The summed E-state index contributed by atoms with van der Waals surface area (Å²) < 4.78 is 5.17. The highest BCUT2D eigenvalue weighted by Crippen LogP contribution is 2.24. The van der Waals surface area contributed by atoms with Gasteiger partial charge in [0.1, 0.15) is 0 Å². The van der Waals surface area contributed by atoms with Gasteiger partial charge in [0.15, 0.2) is 5.17 Å². The zero-order valence-corrected chi connectivity index (χ0v) is 16.9. The number of benzene rings is 1. The van der Waals surface area contributed by atoms with Crippen molar-refractivity contribution in [3.8, 4) is 0 Å². The number of esters is 1. The fraction of sp³-hybridized carbons (Fsp3) is 0.350. The molecule has 0 aliphatic carbocycles. The van der Waals surface area contributed by atoms with Gasteiger partial charge >= 0.3 is 5.97 Å². The number of nitrogens with zero attached hydrogens (tertiary/aromatic N) is 3. The van der Waals surface area contributed by atoms with Crippen LogP contribution in [-0.4, -0.2) is 46.2 Å². The molecule has 6 nitrogen and oxygen atoms in total. The molecule has 1 aliphatic rings. The maximum Gasteiger partial charge on any atom is 0.340 e. The Hall–Kier alpha value is -2.54. The van der Waals surface area contributed by atoms with Crippen LogP contribution in [0, 0.1) is 13.8 Å². The van der Waals surface area contributed by atoms with Crippen LogP contribution in [0.2, 0.25) is 0 Å². The number of hydrogen-bond acceptors (Lipinski definition) is 5. The van der Waals surface area contributed by atoms with Crippen molar-refractivity contribution in [2.45, 2.75) is 27.3 Å². The number of hydrazone groups is 1. The number of aryl methyl sites for hydroxylation is 1. The second kappa shape index (κ2) is 8.43. The summed E-state index contributed by atoms with van der Waals surface area (Å²) in [6, 6.07) is 10.2. The van der Waals surface area contributed by atoms with E-state index in [1.54, 1.807) is 16.8 Å². The second-order valence-electron chi connectivity index (χ2n) is 6.29. The van der Waals surface area contributed by atoms with Gasteiger partial charge in [0.25, 0.3) is 0 Å². The molecule has 2 aromatic rings. The number of thioether (sulfide) groups is 1. The molecule has 0 saturated heterocycles. The van der Waals surface area contributed by atoms with E-state index in [-0.39, 0.29) is 5.97 Å². The van der Waals surface area contributed by atoms with Crippen molar-refractivity contribution in [1.29, 1.82) is 0 Å². The third-order valence-electron chi connectivity index (χ3n) is 4.33. The van der Waals surface area contributed by atoms with Crippen molar-refractivity contribution in [3.05, 3.63) is 58.4 Å². The van der Waals surface area contributed by atoms with Crippen LogP contribution in [0.1, 0.15) is 39.8 Å². The number of ether oxygens (including phenoxy) is 1. The molecular formula is C20H24N4O2S. The van der Waals surface area contributed by atoms with E-state index in [0.717, 1.165) is 27.8 Å². The Morgan fingerprint density at radius 3 is 2.74 bits per heavy atom. The van der Waals surface area contributed by atoms with Crippen molar-refractivity contribution in [2.24, 2.45) is 10.1 Å². The minimum absolute atomic E-state index is 0.294. The topological polar surface area (TPSA) is 70.1 Å². The number of aromatic nitrogens is 1. The maximum atomic E-state index is 12.2. The average Bonchev–Trinajstić information content (AvgIpc) is 2.96. The lowest BCUT2D eigenvalue weighted by molar-refractivity contribution is 0.0525. The first-order valence-electron chi connectivity index (χ1n) is 8.90. The predicted octanol–water partition coefficient (Wildman–Crippen LogP) is 3.75. The average molecular weight is 385 g/mol. The van der Waals surface area contributed by atoms with Gasteiger partial charge in [0.05, 0.1) is 30.1 Å². The van der Waals surface area contributed by atoms with Gasteiger partial charge in [-0.15, -0.1) is 0 Å². The first kappa shape index (κ1) is 19.2. The van der Waals surface area contributed by atoms with Gasteiger partial charge in [-0.1, -0.05) is 42.1 Å². The molecule has 27 heavy (non-hydrogen) atoms. The first-order chi connectivity index (χ1) is 13.0. The molecule has 0 saturated carbocycles. The minimum atomic E-state index is -0.294.